The molecule has 2 nitrogen and oxygen atoms in total. The molecule has 1 aliphatic heterocycles. The lowest BCUT2D eigenvalue weighted by Crippen LogP contribution is -2.38. The molecule has 0 spiro atoms. The molecule has 33 heavy (non-hydrogen) atoms. The van der Waals surface area contributed by atoms with Crippen LogP contribution in [-0.2, 0) is 21.7 Å². The molecular weight excluding hydrogens is 404 g/mol. The number of hydrogen-bond donors (Lipinski definition) is 0. The van der Waals surface area contributed by atoms with Crippen LogP contribution in [-0.4, -0.2) is 13.2 Å². The SMILES string of the molecule is Cc1c(C(C)(C)C)ccc2c1C(C)(CCC(C)(C)c1ccc3c(c1)OCCO3)CCC2(C)C. The Morgan fingerprint density at radius 1 is 0.848 bits per heavy atom. The lowest BCUT2D eigenvalue weighted by Gasteiger charge is -2.47. The topological polar surface area (TPSA) is 18.5 Å². The van der Waals surface area contributed by atoms with Crippen molar-refractivity contribution in [2.45, 2.75) is 110 Å². The first-order valence-electron chi connectivity index (χ1n) is 12.8. The maximum atomic E-state index is 5.88. The van der Waals surface area contributed by atoms with Gasteiger partial charge in [-0.3, -0.25) is 0 Å². The molecule has 0 amide bonds. The Hall–Kier alpha value is -1.96. The summed E-state index contributed by atoms with van der Waals surface area (Å²) in [7, 11) is 0. The normalized spacial score (nSPS) is 22.1. The Bertz CT molecular complexity index is 1040. The van der Waals surface area contributed by atoms with Gasteiger partial charge in [-0.25, -0.2) is 0 Å². The number of ether oxygens (including phenoxy) is 2. The van der Waals surface area contributed by atoms with Gasteiger partial charge in [-0.15, -0.1) is 0 Å². The molecule has 2 aromatic carbocycles. The average molecular weight is 449 g/mol. The molecule has 1 unspecified atom stereocenters. The summed E-state index contributed by atoms with van der Waals surface area (Å²) in [6.07, 6.45) is 4.82. The van der Waals surface area contributed by atoms with Gasteiger partial charge in [0, 0.05) is 0 Å². The average Bonchev–Trinajstić information content (AvgIpc) is 2.74. The molecule has 0 aromatic heterocycles. The summed E-state index contributed by atoms with van der Waals surface area (Å²) >= 11 is 0. The smallest absolute Gasteiger partial charge is 0.161 e. The van der Waals surface area contributed by atoms with E-state index in [1.165, 1.54) is 36.0 Å². The Morgan fingerprint density at radius 2 is 1.52 bits per heavy atom. The molecule has 0 saturated carbocycles. The van der Waals surface area contributed by atoms with E-state index >= 15 is 0 Å². The van der Waals surface area contributed by atoms with E-state index in [1.807, 2.05) is 0 Å². The van der Waals surface area contributed by atoms with E-state index in [2.05, 4.69) is 92.6 Å². The van der Waals surface area contributed by atoms with Gasteiger partial charge in [0.15, 0.2) is 11.5 Å². The summed E-state index contributed by atoms with van der Waals surface area (Å²) in [5.41, 5.74) is 8.22. The van der Waals surface area contributed by atoms with Gasteiger partial charge >= 0.3 is 0 Å². The minimum atomic E-state index is 0.0710. The van der Waals surface area contributed by atoms with Crippen LogP contribution in [0.3, 0.4) is 0 Å². The van der Waals surface area contributed by atoms with Crippen LogP contribution >= 0.6 is 0 Å². The van der Waals surface area contributed by atoms with Gasteiger partial charge in [-0.2, -0.15) is 0 Å². The van der Waals surface area contributed by atoms with Crippen molar-refractivity contribution >= 4 is 0 Å². The lowest BCUT2D eigenvalue weighted by atomic mass is 9.58. The third-order valence-corrected chi connectivity index (χ3v) is 8.53. The first-order valence-corrected chi connectivity index (χ1v) is 12.8. The molecule has 0 saturated heterocycles. The third kappa shape index (κ3) is 4.43. The Balaban J connectivity index is 1.67. The van der Waals surface area contributed by atoms with Crippen molar-refractivity contribution in [2.24, 2.45) is 0 Å². The van der Waals surface area contributed by atoms with E-state index in [9.17, 15) is 0 Å². The lowest BCUT2D eigenvalue weighted by molar-refractivity contribution is 0.171. The number of hydrogen-bond acceptors (Lipinski definition) is 2. The molecule has 2 aliphatic rings. The van der Waals surface area contributed by atoms with Crippen molar-refractivity contribution in [3.8, 4) is 11.5 Å². The van der Waals surface area contributed by atoms with E-state index in [0.717, 1.165) is 17.9 Å². The van der Waals surface area contributed by atoms with E-state index in [4.69, 9.17) is 9.47 Å². The predicted octanol–water partition coefficient (Wildman–Crippen LogP) is 8.15. The third-order valence-electron chi connectivity index (χ3n) is 8.53. The zero-order valence-electron chi connectivity index (χ0n) is 22.4. The van der Waals surface area contributed by atoms with Crippen molar-refractivity contribution in [3.05, 3.63) is 58.1 Å². The molecule has 2 heteroatoms. The molecule has 180 valence electrons. The second kappa shape index (κ2) is 8.07. The van der Waals surface area contributed by atoms with Crippen molar-refractivity contribution in [1.82, 2.24) is 0 Å². The van der Waals surface area contributed by atoms with Crippen LogP contribution < -0.4 is 9.47 Å². The number of rotatable bonds is 4. The minimum absolute atomic E-state index is 0.0710. The number of fused-ring (bicyclic) bond motifs is 2. The van der Waals surface area contributed by atoms with Gasteiger partial charge in [-0.05, 0) is 94.2 Å². The maximum Gasteiger partial charge on any atom is 0.161 e. The highest BCUT2D eigenvalue weighted by Crippen LogP contribution is 2.52. The highest BCUT2D eigenvalue weighted by atomic mass is 16.6. The monoisotopic (exact) mass is 448 g/mol. The summed E-state index contributed by atoms with van der Waals surface area (Å²) in [5, 5.41) is 0. The molecule has 4 rings (SSSR count). The second-order valence-electron chi connectivity index (χ2n) is 13.1. The fourth-order valence-electron chi connectivity index (χ4n) is 6.16. The van der Waals surface area contributed by atoms with Crippen molar-refractivity contribution < 1.29 is 9.47 Å². The molecule has 1 aliphatic carbocycles. The maximum absolute atomic E-state index is 5.88. The summed E-state index contributed by atoms with van der Waals surface area (Å²) < 4.78 is 11.6. The van der Waals surface area contributed by atoms with E-state index < -0.39 is 0 Å². The molecule has 0 N–H and O–H groups in total. The molecule has 1 heterocycles. The van der Waals surface area contributed by atoms with E-state index in [0.29, 0.717) is 13.2 Å². The van der Waals surface area contributed by atoms with Crippen LogP contribution in [0.2, 0.25) is 0 Å². The Kier molecular flexibility index (Phi) is 5.91. The standard InChI is InChI=1S/C31H44O2/c1-21-23(28(2,3)4)11-12-24-27(21)31(9,17-15-30(24,7)8)16-14-29(5,6)22-10-13-25-26(20-22)33-19-18-32-25/h10-13,20H,14-19H2,1-9H3. The molecule has 0 bridgehead atoms. The second-order valence-corrected chi connectivity index (χ2v) is 13.1. The largest absolute Gasteiger partial charge is 0.486 e. The first-order chi connectivity index (χ1) is 15.2. The van der Waals surface area contributed by atoms with Gasteiger partial charge in [0.1, 0.15) is 13.2 Å². The minimum Gasteiger partial charge on any atom is -0.486 e. The van der Waals surface area contributed by atoms with E-state index in [1.54, 1.807) is 11.1 Å². The molecule has 1 atom stereocenters. The van der Waals surface area contributed by atoms with Crippen molar-refractivity contribution in [3.63, 3.8) is 0 Å². The highest BCUT2D eigenvalue weighted by Gasteiger charge is 2.42. The molecular formula is C31H44O2. The van der Waals surface area contributed by atoms with Crippen LogP contribution in [0.25, 0.3) is 0 Å². The summed E-state index contributed by atoms with van der Waals surface area (Å²) in [5.74, 6) is 1.77. The van der Waals surface area contributed by atoms with Crippen LogP contribution in [0.1, 0.15) is 109 Å². The summed E-state index contributed by atoms with van der Waals surface area (Å²) in [4.78, 5) is 0. The summed E-state index contributed by atoms with van der Waals surface area (Å²) in [6.45, 7) is 22.8. The van der Waals surface area contributed by atoms with E-state index in [-0.39, 0.29) is 21.7 Å². The quantitative estimate of drug-likeness (QED) is 0.470. The zero-order valence-corrected chi connectivity index (χ0v) is 22.4. The highest BCUT2D eigenvalue weighted by molar-refractivity contribution is 5.52. The first kappa shape index (κ1) is 24.2. The fourth-order valence-corrected chi connectivity index (χ4v) is 6.16. The van der Waals surface area contributed by atoms with Crippen LogP contribution in [0.15, 0.2) is 30.3 Å². The number of benzene rings is 2. The van der Waals surface area contributed by atoms with Gasteiger partial charge in [0.2, 0.25) is 0 Å². The predicted molar refractivity (Wildman–Crippen MR) is 139 cm³/mol. The Morgan fingerprint density at radius 3 is 2.18 bits per heavy atom. The van der Waals surface area contributed by atoms with Crippen LogP contribution in [0.5, 0.6) is 11.5 Å². The van der Waals surface area contributed by atoms with Gasteiger partial charge in [-0.1, -0.05) is 73.6 Å². The molecule has 0 fully saturated rings. The van der Waals surface area contributed by atoms with Gasteiger partial charge in [0.25, 0.3) is 0 Å². The molecule has 2 aromatic rings. The van der Waals surface area contributed by atoms with Crippen LogP contribution in [0.4, 0.5) is 0 Å². The van der Waals surface area contributed by atoms with Crippen molar-refractivity contribution in [1.29, 1.82) is 0 Å². The summed E-state index contributed by atoms with van der Waals surface area (Å²) in [6, 6.07) is 11.4. The zero-order chi connectivity index (χ0) is 24.2. The van der Waals surface area contributed by atoms with Gasteiger partial charge < -0.3 is 9.47 Å². The fraction of sp³-hybridized carbons (Fsp3) is 0.613. The Labute approximate surface area is 202 Å². The molecule has 0 radical (unpaired) electrons. The van der Waals surface area contributed by atoms with Crippen LogP contribution in [0, 0.1) is 6.92 Å². The van der Waals surface area contributed by atoms with Gasteiger partial charge in [0.05, 0.1) is 0 Å². The van der Waals surface area contributed by atoms with Crippen molar-refractivity contribution in [2.75, 3.05) is 13.2 Å².